The second-order valence-electron chi connectivity index (χ2n) is 7.79. The highest BCUT2D eigenvalue weighted by Gasteiger charge is 2.13. The van der Waals surface area contributed by atoms with Gasteiger partial charge in [0.25, 0.3) is 0 Å². The van der Waals surface area contributed by atoms with E-state index >= 15 is 0 Å². The van der Waals surface area contributed by atoms with Crippen LogP contribution in [0.1, 0.15) is 0 Å². The van der Waals surface area contributed by atoms with Crippen LogP contribution in [-0.2, 0) is 14.6 Å². The number of H-pyrrole nitrogens is 1. The molecule has 10 nitrogen and oxygen atoms in total. The summed E-state index contributed by atoms with van der Waals surface area (Å²) < 4.78 is 43.0. The average molecular weight is 511 g/mol. The molecule has 2 heterocycles. The lowest BCUT2D eigenvalue weighted by atomic mass is 10.2. The van der Waals surface area contributed by atoms with Gasteiger partial charge in [-0.3, -0.25) is 4.79 Å². The quantitative estimate of drug-likeness (QED) is 0.233. The van der Waals surface area contributed by atoms with Crippen molar-refractivity contribution in [1.82, 2.24) is 15.0 Å². The van der Waals surface area contributed by atoms with Crippen molar-refractivity contribution in [3.8, 4) is 11.6 Å². The molecule has 0 aliphatic heterocycles. The average Bonchev–Trinajstić information content (AvgIpc) is 3.29. The molecule has 0 atom stereocenters. The van der Waals surface area contributed by atoms with Crippen molar-refractivity contribution in [2.24, 2.45) is 0 Å². The number of benzene rings is 2. The lowest BCUT2D eigenvalue weighted by molar-refractivity contribution is -0.111. The molecule has 0 bridgehead atoms. The minimum Gasteiger partial charge on any atom is -0.438 e. The summed E-state index contributed by atoms with van der Waals surface area (Å²) in [7, 11) is -3.16. The highest BCUT2D eigenvalue weighted by molar-refractivity contribution is 7.90. The number of carbonyl (C=O) groups is 1. The number of rotatable bonds is 10. The van der Waals surface area contributed by atoms with E-state index in [1.807, 2.05) is 0 Å². The van der Waals surface area contributed by atoms with Gasteiger partial charge in [0.05, 0.1) is 16.8 Å². The van der Waals surface area contributed by atoms with Gasteiger partial charge in [0.15, 0.2) is 0 Å². The number of carbonyl (C=O) groups excluding carboxylic acids is 1. The van der Waals surface area contributed by atoms with Crippen molar-refractivity contribution < 1.29 is 22.3 Å². The van der Waals surface area contributed by atoms with Gasteiger partial charge in [-0.25, -0.2) is 12.8 Å². The van der Waals surface area contributed by atoms with Gasteiger partial charge in [0.2, 0.25) is 17.7 Å². The number of fused-ring (bicyclic) bond motifs is 1. The number of hydrogen-bond acceptors (Lipinski definition) is 8. The van der Waals surface area contributed by atoms with Crippen LogP contribution in [0.5, 0.6) is 11.6 Å². The predicted octanol–water partition coefficient (Wildman–Crippen LogP) is 4.21. The number of ether oxygens (including phenoxy) is 1. The van der Waals surface area contributed by atoms with Crippen LogP contribution in [0.15, 0.2) is 67.4 Å². The van der Waals surface area contributed by atoms with Gasteiger partial charge in [0, 0.05) is 36.4 Å². The standard InChI is InChI=1S/C24H23FN6O4S/c1-3-21(32)28-15-5-4-6-17(13-15)35-23-18-9-10-27-22(18)30-24(31-23)29-16-7-8-20(19(25)14-16)26-11-12-36(2,33)34/h3-10,13-14,26H,1,11-12H2,2H3,(H,28,32)(H2,27,29,30,31). The molecule has 0 saturated heterocycles. The molecule has 4 rings (SSSR count). The highest BCUT2D eigenvalue weighted by atomic mass is 32.2. The van der Waals surface area contributed by atoms with Gasteiger partial charge in [-0.15, -0.1) is 0 Å². The molecule has 1 amide bonds. The second-order valence-corrected chi connectivity index (χ2v) is 10.1. The summed E-state index contributed by atoms with van der Waals surface area (Å²) in [5.74, 6) is -0.187. The molecule has 0 spiro atoms. The molecule has 186 valence electrons. The van der Waals surface area contributed by atoms with Crippen LogP contribution in [0.3, 0.4) is 0 Å². The Labute approximate surface area is 206 Å². The minimum atomic E-state index is -3.16. The zero-order valence-electron chi connectivity index (χ0n) is 19.2. The number of hydrogen-bond donors (Lipinski definition) is 4. The van der Waals surface area contributed by atoms with Crippen LogP contribution in [0, 0.1) is 5.82 Å². The predicted molar refractivity (Wildman–Crippen MR) is 137 cm³/mol. The first-order chi connectivity index (χ1) is 17.2. The van der Waals surface area contributed by atoms with E-state index in [4.69, 9.17) is 4.74 Å². The molecule has 2 aromatic carbocycles. The zero-order valence-corrected chi connectivity index (χ0v) is 20.0. The Bertz CT molecular complexity index is 1540. The van der Waals surface area contributed by atoms with Crippen molar-refractivity contribution in [3.05, 3.63) is 73.2 Å². The van der Waals surface area contributed by atoms with Crippen LogP contribution in [-0.4, -0.2) is 47.8 Å². The number of nitrogens with zero attached hydrogens (tertiary/aromatic N) is 2. The molecular formula is C24H23FN6O4S. The highest BCUT2D eigenvalue weighted by Crippen LogP contribution is 2.30. The third-order valence-corrected chi connectivity index (χ3v) is 5.84. The fourth-order valence-corrected chi connectivity index (χ4v) is 3.70. The molecule has 12 heteroatoms. The van der Waals surface area contributed by atoms with E-state index in [9.17, 15) is 17.6 Å². The second kappa shape index (κ2) is 10.4. The largest absolute Gasteiger partial charge is 0.438 e. The van der Waals surface area contributed by atoms with E-state index in [0.29, 0.717) is 28.2 Å². The van der Waals surface area contributed by atoms with Crippen molar-refractivity contribution in [1.29, 1.82) is 0 Å². The number of anilines is 4. The van der Waals surface area contributed by atoms with Gasteiger partial charge < -0.3 is 25.7 Å². The topological polar surface area (TPSA) is 138 Å². The molecule has 2 aromatic heterocycles. The lowest BCUT2D eigenvalue weighted by Crippen LogP contribution is -2.14. The van der Waals surface area contributed by atoms with Crippen molar-refractivity contribution in [3.63, 3.8) is 0 Å². The number of aromatic amines is 1. The maximum Gasteiger partial charge on any atom is 0.247 e. The Kier molecular flexibility index (Phi) is 7.15. The zero-order chi connectivity index (χ0) is 25.7. The number of aromatic nitrogens is 3. The van der Waals surface area contributed by atoms with E-state index in [-0.39, 0.29) is 35.7 Å². The summed E-state index contributed by atoms with van der Waals surface area (Å²) >= 11 is 0. The van der Waals surface area contributed by atoms with Crippen LogP contribution in [0.2, 0.25) is 0 Å². The van der Waals surface area contributed by atoms with E-state index in [1.54, 1.807) is 42.6 Å². The van der Waals surface area contributed by atoms with E-state index < -0.39 is 15.7 Å². The summed E-state index contributed by atoms with van der Waals surface area (Å²) in [6.45, 7) is 3.52. The Morgan fingerprint density at radius 3 is 2.75 bits per heavy atom. The molecule has 0 fully saturated rings. The fourth-order valence-electron chi connectivity index (χ4n) is 3.23. The normalized spacial score (nSPS) is 11.2. The first-order valence-corrected chi connectivity index (χ1v) is 12.8. The molecule has 36 heavy (non-hydrogen) atoms. The van der Waals surface area contributed by atoms with Gasteiger partial charge in [-0.05, 0) is 42.5 Å². The molecule has 0 unspecified atom stereocenters. The number of halogens is 1. The fraction of sp³-hybridized carbons (Fsp3) is 0.125. The summed E-state index contributed by atoms with van der Waals surface area (Å²) in [5, 5.41) is 9.01. The third kappa shape index (κ3) is 6.36. The van der Waals surface area contributed by atoms with Crippen LogP contribution < -0.4 is 20.7 Å². The molecule has 0 radical (unpaired) electrons. The van der Waals surface area contributed by atoms with Crippen molar-refractivity contribution >= 4 is 49.8 Å². The van der Waals surface area contributed by atoms with Gasteiger partial charge >= 0.3 is 0 Å². The molecule has 0 aliphatic carbocycles. The van der Waals surface area contributed by atoms with E-state index in [0.717, 1.165) is 6.26 Å². The number of nitrogens with one attached hydrogen (secondary N) is 4. The Morgan fingerprint density at radius 2 is 2.00 bits per heavy atom. The summed E-state index contributed by atoms with van der Waals surface area (Å²) in [6, 6.07) is 12.9. The van der Waals surface area contributed by atoms with Gasteiger partial charge in [0.1, 0.15) is 27.1 Å². The van der Waals surface area contributed by atoms with Crippen molar-refractivity contribution in [2.75, 3.05) is 34.5 Å². The van der Waals surface area contributed by atoms with E-state index in [1.165, 1.54) is 18.2 Å². The molecule has 0 aliphatic rings. The third-order valence-electron chi connectivity index (χ3n) is 4.90. The monoisotopic (exact) mass is 510 g/mol. The summed E-state index contributed by atoms with van der Waals surface area (Å²) in [5.41, 5.74) is 1.58. The van der Waals surface area contributed by atoms with Gasteiger partial charge in [-0.2, -0.15) is 9.97 Å². The van der Waals surface area contributed by atoms with Crippen molar-refractivity contribution in [2.45, 2.75) is 0 Å². The lowest BCUT2D eigenvalue weighted by Gasteiger charge is -2.12. The Balaban J connectivity index is 1.53. The summed E-state index contributed by atoms with van der Waals surface area (Å²) in [6.07, 6.45) is 3.97. The maximum atomic E-state index is 14.5. The first-order valence-electron chi connectivity index (χ1n) is 10.7. The van der Waals surface area contributed by atoms with Crippen LogP contribution >= 0.6 is 0 Å². The van der Waals surface area contributed by atoms with Gasteiger partial charge in [-0.1, -0.05) is 12.6 Å². The Morgan fingerprint density at radius 1 is 1.17 bits per heavy atom. The molecule has 0 saturated carbocycles. The van der Waals surface area contributed by atoms with Crippen LogP contribution in [0.4, 0.5) is 27.4 Å². The SMILES string of the molecule is C=CC(=O)Nc1cccc(Oc2nc(Nc3ccc(NCCS(C)(=O)=O)c(F)c3)nc3[nH]ccc23)c1. The minimum absolute atomic E-state index is 0.0916. The van der Waals surface area contributed by atoms with E-state index in [2.05, 4.69) is 37.5 Å². The van der Waals surface area contributed by atoms with Crippen LogP contribution in [0.25, 0.3) is 11.0 Å². The molecular weight excluding hydrogens is 487 g/mol. The maximum absolute atomic E-state index is 14.5. The Hall–Kier alpha value is -4.45. The number of amides is 1. The smallest absolute Gasteiger partial charge is 0.247 e. The molecule has 4 aromatic rings. The first kappa shape index (κ1) is 24.7. The number of sulfone groups is 1. The molecule has 4 N–H and O–H groups in total. The summed E-state index contributed by atoms with van der Waals surface area (Å²) in [4.78, 5) is 23.4.